The second-order valence-corrected chi connectivity index (χ2v) is 5.96. The summed E-state index contributed by atoms with van der Waals surface area (Å²) in [5.41, 5.74) is 0.220. The van der Waals surface area contributed by atoms with Gasteiger partial charge in [-0.3, -0.25) is 9.27 Å². The lowest BCUT2D eigenvalue weighted by atomic mass is 10.3. The average molecular weight is 277 g/mol. The van der Waals surface area contributed by atoms with E-state index < -0.39 is 21.1 Å². The minimum Gasteiger partial charge on any atom is -0.303 e. The summed E-state index contributed by atoms with van der Waals surface area (Å²) < 4.78 is 44.7. The fourth-order valence-corrected chi connectivity index (χ4v) is 2.74. The zero-order valence-corrected chi connectivity index (χ0v) is 10.3. The number of hydrogen-bond acceptors (Lipinski definition) is 4. The van der Waals surface area contributed by atoms with Gasteiger partial charge in [0.25, 0.3) is 11.3 Å². The van der Waals surface area contributed by atoms with Crippen LogP contribution in [-0.4, -0.2) is 29.2 Å². The second kappa shape index (κ2) is 5.89. The van der Waals surface area contributed by atoms with Crippen molar-refractivity contribution in [2.75, 3.05) is 10.5 Å². The van der Waals surface area contributed by atoms with Gasteiger partial charge in [0.15, 0.2) is 9.84 Å². The maximum absolute atomic E-state index is 11.7. The Labute approximate surface area is 101 Å². The van der Waals surface area contributed by atoms with E-state index in [1.54, 1.807) is 0 Å². The largest absolute Gasteiger partial charge is 0.303 e. The van der Waals surface area contributed by atoms with E-state index in [1.165, 1.54) is 24.3 Å². The molecule has 1 unspecified atom stereocenters. The van der Waals surface area contributed by atoms with Crippen LogP contribution < -0.4 is 4.72 Å². The summed E-state index contributed by atoms with van der Waals surface area (Å²) in [5.74, 6) is -0.276. The predicted molar refractivity (Wildman–Crippen MR) is 63.6 cm³/mol. The number of nitrogens with one attached hydrogen (secondary N) is 1. The van der Waals surface area contributed by atoms with E-state index >= 15 is 0 Å². The molecule has 0 aliphatic rings. The van der Waals surface area contributed by atoms with Crippen LogP contribution in [0, 0.1) is 0 Å². The van der Waals surface area contributed by atoms with E-state index in [1.807, 2.05) is 0 Å². The van der Waals surface area contributed by atoms with E-state index in [2.05, 4.69) is 4.72 Å². The molecule has 0 aromatic heterocycles. The van der Waals surface area contributed by atoms with Crippen molar-refractivity contribution in [3.8, 4) is 0 Å². The van der Waals surface area contributed by atoms with E-state index in [9.17, 15) is 17.4 Å². The minimum atomic E-state index is -3.53. The third-order valence-corrected chi connectivity index (χ3v) is 4.06. The van der Waals surface area contributed by atoms with Gasteiger partial charge < -0.3 is 4.79 Å². The summed E-state index contributed by atoms with van der Waals surface area (Å²) in [7, 11) is -3.53. The van der Waals surface area contributed by atoms with Crippen molar-refractivity contribution in [2.24, 2.45) is 0 Å². The summed E-state index contributed by atoms with van der Waals surface area (Å²) in [5, 5.41) is 0. The number of carbonyl (C=O) groups is 1. The van der Waals surface area contributed by atoms with Crippen LogP contribution in [0.15, 0.2) is 29.2 Å². The fraction of sp³-hybridized carbons (Fsp3) is 0.222. The molecule has 2 N–H and O–H groups in total. The van der Waals surface area contributed by atoms with Crippen molar-refractivity contribution in [1.82, 2.24) is 0 Å². The number of hydrogen-bond donors (Lipinski definition) is 2. The smallest absolute Gasteiger partial charge is 0.259 e. The molecule has 1 atom stereocenters. The molecule has 17 heavy (non-hydrogen) atoms. The molecular formula is C9H11NO5S2. The first-order valence-electron chi connectivity index (χ1n) is 4.59. The van der Waals surface area contributed by atoms with Gasteiger partial charge in [-0.2, -0.15) is 0 Å². The Balaban J connectivity index is 2.98. The second-order valence-electron chi connectivity index (χ2n) is 3.15. The van der Waals surface area contributed by atoms with Gasteiger partial charge >= 0.3 is 0 Å². The van der Waals surface area contributed by atoms with Gasteiger partial charge in [0.2, 0.25) is 0 Å². The highest BCUT2D eigenvalue weighted by Crippen LogP contribution is 2.17. The van der Waals surface area contributed by atoms with Crippen LogP contribution in [0.25, 0.3) is 0 Å². The van der Waals surface area contributed by atoms with Crippen molar-refractivity contribution >= 4 is 33.1 Å². The van der Waals surface area contributed by atoms with Gasteiger partial charge in [-0.05, 0) is 18.2 Å². The summed E-state index contributed by atoms with van der Waals surface area (Å²) in [4.78, 5) is 10.2. The Hall–Kier alpha value is -1.25. The minimum absolute atomic E-state index is 0.00907. The molecule has 6 nitrogen and oxygen atoms in total. The third kappa shape index (κ3) is 4.25. The molecule has 1 rings (SSSR count). The molecule has 0 saturated heterocycles. The highest BCUT2D eigenvalue weighted by Gasteiger charge is 2.14. The number of carbonyl (C=O) groups excluding carboxylic acids is 1. The molecule has 0 fully saturated rings. The summed E-state index contributed by atoms with van der Waals surface area (Å²) >= 11 is -2.26. The van der Waals surface area contributed by atoms with Gasteiger partial charge in [0.05, 0.1) is 10.6 Å². The lowest BCUT2D eigenvalue weighted by Gasteiger charge is -2.05. The zero-order valence-electron chi connectivity index (χ0n) is 8.70. The topological polar surface area (TPSA) is 101 Å². The molecule has 8 heteroatoms. The lowest BCUT2D eigenvalue weighted by molar-refractivity contribution is -0.107. The Morgan fingerprint density at radius 1 is 1.41 bits per heavy atom. The van der Waals surface area contributed by atoms with E-state index in [-0.39, 0.29) is 22.8 Å². The predicted octanol–water partition coefficient (Wildman–Crippen LogP) is 0.598. The number of sulfone groups is 1. The summed E-state index contributed by atoms with van der Waals surface area (Å²) in [6.45, 7) is 0. The third-order valence-electron chi connectivity index (χ3n) is 1.90. The molecule has 1 aromatic rings. The van der Waals surface area contributed by atoms with Gasteiger partial charge in [-0.15, -0.1) is 0 Å². The zero-order chi connectivity index (χ0) is 12.9. The first-order chi connectivity index (χ1) is 7.95. The molecule has 0 amide bonds. The van der Waals surface area contributed by atoms with Gasteiger partial charge in [-0.1, -0.05) is 6.07 Å². The van der Waals surface area contributed by atoms with Crippen LogP contribution in [0.4, 0.5) is 5.69 Å². The Morgan fingerprint density at radius 2 is 2.12 bits per heavy atom. The molecule has 0 radical (unpaired) electrons. The standard InChI is InChI=1S/C9H11NO5S2/c11-5-2-6-17(14,15)9-4-1-3-8(7-9)10-16(12)13/h1,3-5,7,10H,2,6H2,(H,12,13). The quantitative estimate of drug-likeness (QED) is 0.585. The van der Waals surface area contributed by atoms with Crippen molar-refractivity contribution in [2.45, 2.75) is 11.3 Å². The normalized spacial score (nSPS) is 13.0. The number of anilines is 1. The molecular weight excluding hydrogens is 266 g/mol. The van der Waals surface area contributed by atoms with E-state index in [0.717, 1.165) is 0 Å². The summed E-state index contributed by atoms with van der Waals surface area (Å²) in [6.07, 6.45) is 0.453. The number of rotatable bonds is 6. The lowest BCUT2D eigenvalue weighted by Crippen LogP contribution is -2.08. The highest BCUT2D eigenvalue weighted by molar-refractivity contribution is 7.91. The maximum Gasteiger partial charge on any atom is 0.259 e. The van der Waals surface area contributed by atoms with Crippen molar-refractivity contribution in [3.63, 3.8) is 0 Å². The molecule has 0 saturated carbocycles. The van der Waals surface area contributed by atoms with Crippen LogP contribution in [0.5, 0.6) is 0 Å². The Bertz CT molecular complexity index is 526. The van der Waals surface area contributed by atoms with Crippen molar-refractivity contribution < 1.29 is 22.0 Å². The van der Waals surface area contributed by atoms with Crippen LogP contribution in [0.3, 0.4) is 0 Å². The van der Waals surface area contributed by atoms with Gasteiger partial charge in [-0.25, -0.2) is 12.6 Å². The number of benzene rings is 1. The fourth-order valence-electron chi connectivity index (χ4n) is 1.17. The molecule has 1 aromatic carbocycles. The molecule has 0 aliphatic heterocycles. The molecule has 0 heterocycles. The first kappa shape index (κ1) is 13.8. The van der Waals surface area contributed by atoms with Crippen molar-refractivity contribution in [3.05, 3.63) is 24.3 Å². The van der Waals surface area contributed by atoms with Gasteiger partial charge in [0, 0.05) is 12.1 Å². The highest BCUT2D eigenvalue weighted by atomic mass is 32.2. The SMILES string of the molecule is O=CCCS(=O)(=O)c1cccc(NS(=O)O)c1. The number of aldehydes is 1. The van der Waals surface area contributed by atoms with Crippen LogP contribution >= 0.6 is 0 Å². The summed E-state index contributed by atoms with van der Waals surface area (Å²) in [6, 6.07) is 5.52. The van der Waals surface area contributed by atoms with Crippen LogP contribution in [0.1, 0.15) is 6.42 Å². The van der Waals surface area contributed by atoms with Crippen molar-refractivity contribution in [1.29, 1.82) is 0 Å². The average Bonchev–Trinajstić information content (AvgIpc) is 2.26. The van der Waals surface area contributed by atoms with Crippen LogP contribution in [-0.2, 0) is 25.9 Å². The Kier molecular flexibility index (Phi) is 4.79. The molecule has 94 valence electrons. The molecule has 0 aliphatic carbocycles. The van der Waals surface area contributed by atoms with E-state index in [4.69, 9.17) is 4.55 Å². The monoisotopic (exact) mass is 277 g/mol. The maximum atomic E-state index is 11.7. The van der Waals surface area contributed by atoms with Gasteiger partial charge in [0.1, 0.15) is 6.29 Å². The molecule has 0 bridgehead atoms. The molecule has 0 spiro atoms. The first-order valence-corrected chi connectivity index (χ1v) is 7.35. The van der Waals surface area contributed by atoms with Crippen LogP contribution in [0.2, 0.25) is 0 Å². The van der Waals surface area contributed by atoms with E-state index in [0.29, 0.717) is 6.29 Å². The Morgan fingerprint density at radius 3 is 2.71 bits per heavy atom.